The predicted octanol–water partition coefficient (Wildman–Crippen LogP) is 3.69. The topological polar surface area (TPSA) is 52.6 Å². The van der Waals surface area contributed by atoms with E-state index in [2.05, 4.69) is 0 Å². The van der Waals surface area contributed by atoms with Gasteiger partial charge in [0.2, 0.25) is 0 Å². The SMILES string of the molecule is C/C=C/[C@H]1CCCC(=O)[C@@]1(C)C(=O)OCc1ccc(OC)cc1. The van der Waals surface area contributed by atoms with Crippen LogP contribution in [0.2, 0.25) is 0 Å². The third-order valence-electron chi connectivity index (χ3n) is 4.62. The fourth-order valence-electron chi connectivity index (χ4n) is 3.04. The van der Waals surface area contributed by atoms with Crippen molar-refractivity contribution >= 4 is 11.8 Å². The molecule has 124 valence electrons. The summed E-state index contributed by atoms with van der Waals surface area (Å²) in [6.07, 6.45) is 5.96. The summed E-state index contributed by atoms with van der Waals surface area (Å²) in [5, 5.41) is 0. The number of hydrogen-bond donors (Lipinski definition) is 0. The van der Waals surface area contributed by atoms with Crippen LogP contribution in [0.4, 0.5) is 0 Å². The lowest BCUT2D eigenvalue weighted by Crippen LogP contribution is -2.46. The molecule has 0 bridgehead atoms. The molecule has 4 heteroatoms. The van der Waals surface area contributed by atoms with E-state index in [0.29, 0.717) is 6.42 Å². The molecule has 4 nitrogen and oxygen atoms in total. The summed E-state index contributed by atoms with van der Waals surface area (Å²) in [6, 6.07) is 7.33. The average molecular weight is 316 g/mol. The van der Waals surface area contributed by atoms with E-state index < -0.39 is 11.4 Å². The van der Waals surface area contributed by atoms with Gasteiger partial charge in [0.1, 0.15) is 17.8 Å². The highest BCUT2D eigenvalue weighted by molar-refractivity contribution is 6.04. The minimum Gasteiger partial charge on any atom is -0.497 e. The number of carbonyl (C=O) groups excluding carboxylic acids is 2. The minimum absolute atomic E-state index is 0.0217. The number of ketones is 1. The molecule has 1 aromatic rings. The lowest BCUT2D eigenvalue weighted by molar-refractivity contribution is -0.165. The van der Waals surface area contributed by atoms with Crippen molar-refractivity contribution in [1.29, 1.82) is 0 Å². The van der Waals surface area contributed by atoms with Gasteiger partial charge in [0, 0.05) is 6.42 Å². The molecule has 0 aromatic heterocycles. The number of rotatable bonds is 5. The number of carbonyl (C=O) groups is 2. The van der Waals surface area contributed by atoms with E-state index in [-0.39, 0.29) is 18.3 Å². The Morgan fingerprint density at radius 3 is 2.65 bits per heavy atom. The van der Waals surface area contributed by atoms with Crippen LogP contribution in [0.1, 0.15) is 38.7 Å². The summed E-state index contributed by atoms with van der Waals surface area (Å²) >= 11 is 0. The molecule has 1 fully saturated rings. The molecule has 0 unspecified atom stereocenters. The first-order valence-corrected chi connectivity index (χ1v) is 7.98. The van der Waals surface area contributed by atoms with Crippen LogP contribution >= 0.6 is 0 Å². The summed E-state index contributed by atoms with van der Waals surface area (Å²) < 4.78 is 10.6. The van der Waals surface area contributed by atoms with Gasteiger partial charge in [0.25, 0.3) is 0 Å². The number of benzene rings is 1. The molecule has 2 rings (SSSR count). The molecule has 23 heavy (non-hydrogen) atoms. The van der Waals surface area contributed by atoms with E-state index in [4.69, 9.17) is 9.47 Å². The van der Waals surface area contributed by atoms with Gasteiger partial charge >= 0.3 is 5.97 Å². The Morgan fingerprint density at radius 1 is 1.35 bits per heavy atom. The number of hydrogen-bond acceptors (Lipinski definition) is 4. The monoisotopic (exact) mass is 316 g/mol. The van der Waals surface area contributed by atoms with Crippen LogP contribution in [0.15, 0.2) is 36.4 Å². The van der Waals surface area contributed by atoms with Crippen molar-refractivity contribution in [3.8, 4) is 5.75 Å². The Hall–Kier alpha value is -2.10. The molecule has 0 radical (unpaired) electrons. The molecule has 0 heterocycles. The van der Waals surface area contributed by atoms with Gasteiger partial charge in [0.05, 0.1) is 7.11 Å². The molecule has 1 aliphatic rings. The first kappa shape index (κ1) is 17.3. The van der Waals surface area contributed by atoms with Gasteiger partial charge in [-0.3, -0.25) is 9.59 Å². The van der Waals surface area contributed by atoms with Gasteiger partial charge in [-0.25, -0.2) is 0 Å². The van der Waals surface area contributed by atoms with Gasteiger partial charge in [0.15, 0.2) is 5.78 Å². The van der Waals surface area contributed by atoms with Crippen molar-refractivity contribution in [2.75, 3.05) is 7.11 Å². The largest absolute Gasteiger partial charge is 0.497 e. The van der Waals surface area contributed by atoms with Crippen LogP contribution in [-0.4, -0.2) is 18.9 Å². The number of esters is 1. The van der Waals surface area contributed by atoms with Crippen LogP contribution < -0.4 is 4.74 Å². The lowest BCUT2D eigenvalue weighted by atomic mass is 9.66. The molecular formula is C19H24O4. The maximum atomic E-state index is 12.6. The summed E-state index contributed by atoms with van der Waals surface area (Å²) in [7, 11) is 1.60. The highest BCUT2D eigenvalue weighted by Crippen LogP contribution is 2.40. The Bertz CT molecular complexity index is 588. The van der Waals surface area contributed by atoms with E-state index in [0.717, 1.165) is 24.2 Å². The van der Waals surface area contributed by atoms with Crippen LogP contribution in [0.25, 0.3) is 0 Å². The van der Waals surface area contributed by atoms with Crippen molar-refractivity contribution in [1.82, 2.24) is 0 Å². The van der Waals surface area contributed by atoms with Crippen LogP contribution in [0.5, 0.6) is 5.75 Å². The summed E-state index contributed by atoms with van der Waals surface area (Å²) in [5.74, 6) is 0.215. The first-order valence-electron chi connectivity index (χ1n) is 7.98. The van der Waals surface area contributed by atoms with E-state index in [9.17, 15) is 9.59 Å². The fourth-order valence-corrected chi connectivity index (χ4v) is 3.04. The third-order valence-corrected chi connectivity index (χ3v) is 4.62. The van der Waals surface area contributed by atoms with Crippen molar-refractivity contribution < 1.29 is 19.1 Å². The van der Waals surface area contributed by atoms with Gasteiger partial charge < -0.3 is 9.47 Å². The fraction of sp³-hybridized carbons (Fsp3) is 0.474. The van der Waals surface area contributed by atoms with E-state index in [1.165, 1.54) is 0 Å². The normalized spacial score (nSPS) is 24.7. The van der Waals surface area contributed by atoms with Gasteiger partial charge in [-0.15, -0.1) is 0 Å². The maximum Gasteiger partial charge on any atom is 0.320 e. The Labute approximate surface area is 137 Å². The second kappa shape index (κ2) is 7.44. The Balaban J connectivity index is 2.08. The smallest absolute Gasteiger partial charge is 0.320 e. The number of methoxy groups -OCH3 is 1. The predicted molar refractivity (Wildman–Crippen MR) is 88.1 cm³/mol. The molecular weight excluding hydrogens is 292 g/mol. The maximum absolute atomic E-state index is 12.6. The number of allylic oxidation sites excluding steroid dienone is 2. The van der Waals surface area contributed by atoms with Crippen molar-refractivity contribution in [2.45, 2.75) is 39.7 Å². The van der Waals surface area contributed by atoms with Crippen molar-refractivity contribution in [2.24, 2.45) is 11.3 Å². The second-order valence-corrected chi connectivity index (χ2v) is 6.07. The van der Waals surface area contributed by atoms with Gasteiger partial charge in [-0.05, 0) is 50.3 Å². The van der Waals surface area contributed by atoms with Crippen molar-refractivity contribution in [3.63, 3.8) is 0 Å². The van der Waals surface area contributed by atoms with Gasteiger partial charge in [-0.1, -0.05) is 24.3 Å². The quantitative estimate of drug-likeness (QED) is 0.472. The Morgan fingerprint density at radius 2 is 2.04 bits per heavy atom. The molecule has 0 aliphatic heterocycles. The molecule has 0 amide bonds. The molecule has 1 aromatic carbocycles. The third kappa shape index (κ3) is 3.63. The molecule has 0 spiro atoms. The van der Waals surface area contributed by atoms with E-state index in [1.54, 1.807) is 14.0 Å². The molecule has 0 saturated heterocycles. The zero-order valence-electron chi connectivity index (χ0n) is 14.0. The van der Waals surface area contributed by atoms with Crippen LogP contribution in [0.3, 0.4) is 0 Å². The van der Waals surface area contributed by atoms with Crippen LogP contribution in [-0.2, 0) is 20.9 Å². The van der Waals surface area contributed by atoms with Crippen molar-refractivity contribution in [3.05, 3.63) is 42.0 Å². The highest BCUT2D eigenvalue weighted by atomic mass is 16.5. The number of ether oxygens (including phenoxy) is 2. The lowest BCUT2D eigenvalue weighted by Gasteiger charge is -2.36. The highest BCUT2D eigenvalue weighted by Gasteiger charge is 2.49. The first-order chi connectivity index (χ1) is 11.0. The van der Waals surface area contributed by atoms with Gasteiger partial charge in [-0.2, -0.15) is 0 Å². The molecule has 2 atom stereocenters. The molecule has 1 aliphatic carbocycles. The summed E-state index contributed by atoms with van der Waals surface area (Å²) in [5.41, 5.74) is -0.203. The summed E-state index contributed by atoms with van der Waals surface area (Å²) in [6.45, 7) is 3.78. The zero-order chi connectivity index (χ0) is 16.9. The molecule has 1 saturated carbocycles. The Kier molecular flexibility index (Phi) is 5.59. The van der Waals surface area contributed by atoms with E-state index in [1.807, 2.05) is 43.3 Å². The van der Waals surface area contributed by atoms with E-state index >= 15 is 0 Å². The van der Waals surface area contributed by atoms with Crippen LogP contribution in [0, 0.1) is 11.3 Å². The second-order valence-electron chi connectivity index (χ2n) is 6.07. The summed E-state index contributed by atoms with van der Waals surface area (Å²) in [4.78, 5) is 25.0. The minimum atomic E-state index is -1.07. The standard InChI is InChI=1S/C19H24O4/c1-4-6-15-7-5-8-17(20)19(15,2)18(21)23-13-14-9-11-16(22-3)12-10-14/h4,6,9-12,15H,5,7-8,13H2,1-3H3/b6-4+/t15-,19-/m0/s1. The number of Topliss-reactive ketones (excluding diaryl/α,β-unsaturated/α-hetero) is 1. The molecule has 0 N–H and O–H groups in total. The average Bonchev–Trinajstić information content (AvgIpc) is 2.57. The zero-order valence-corrected chi connectivity index (χ0v) is 14.0.